The van der Waals surface area contributed by atoms with Crippen LogP contribution in [0.25, 0.3) is 0 Å². The lowest BCUT2D eigenvalue weighted by atomic mass is 10.1. The number of benzene rings is 1. The second-order valence-electron chi connectivity index (χ2n) is 6.19. The summed E-state index contributed by atoms with van der Waals surface area (Å²) in [5.74, 6) is -0.960. The summed E-state index contributed by atoms with van der Waals surface area (Å²) in [5, 5.41) is 0.480. The molecule has 0 aliphatic rings. The Hall–Kier alpha value is -2.28. The van der Waals surface area contributed by atoms with Crippen LogP contribution in [0, 0.1) is 12.7 Å². The molecule has 0 saturated heterocycles. The van der Waals surface area contributed by atoms with Crippen LogP contribution in [0.2, 0.25) is 0 Å². The Morgan fingerprint density at radius 1 is 1.26 bits per heavy atom. The Morgan fingerprint density at radius 3 is 2.70 bits per heavy atom. The molecule has 0 radical (unpaired) electrons. The van der Waals surface area contributed by atoms with Gasteiger partial charge in [0.2, 0.25) is 5.91 Å². The van der Waals surface area contributed by atoms with Gasteiger partial charge in [-0.05, 0) is 38.0 Å². The van der Waals surface area contributed by atoms with Gasteiger partial charge in [0.05, 0.1) is 18.7 Å². The van der Waals surface area contributed by atoms with Gasteiger partial charge in [0.1, 0.15) is 10.7 Å². The number of unbranched alkanes of at least 4 members (excludes halogenated alkanes) is 2. The highest BCUT2D eigenvalue weighted by atomic mass is 32.1. The standard InChI is InChI=1S/C20H25FN2O3S/c1-4-6-7-11-23(17(24)13-15-9-8-10-16(21)12-15)20-22-14(3)18(27-20)19(25)26-5-2/h8-10,12H,4-7,11,13H2,1-3H3. The average Bonchev–Trinajstić information content (AvgIpc) is 3.00. The maximum Gasteiger partial charge on any atom is 0.350 e. The van der Waals surface area contributed by atoms with Crippen molar-refractivity contribution in [2.24, 2.45) is 0 Å². The average molecular weight is 392 g/mol. The SMILES string of the molecule is CCCCCN(C(=O)Cc1cccc(F)c1)c1nc(C)c(C(=O)OCC)s1. The van der Waals surface area contributed by atoms with Gasteiger partial charge in [-0.15, -0.1) is 0 Å². The number of carbonyl (C=O) groups excluding carboxylic acids is 2. The number of hydrogen-bond acceptors (Lipinski definition) is 5. The van der Waals surface area contributed by atoms with Gasteiger partial charge in [-0.25, -0.2) is 14.2 Å². The summed E-state index contributed by atoms with van der Waals surface area (Å²) in [4.78, 5) is 31.4. The van der Waals surface area contributed by atoms with Crippen LogP contribution in [0.3, 0.4) is 0 Å². The molecule has 0 unspecified atom stereocenters. The molecule has 2 aromatic rings. The Balaban J connectivity index is 2.24. The second-order valence-corrected chi connectivity index (χ2v) is 7.17. The van der Waals surface area contributed by atoms with Gasteiger partial charge in [0.15, 0.2) is 5.13 Å². The number of esters is 1. The molecule has 1 aromatic heterocycles. The molecule has 0 N–H and O–H groups in total. The first-order valence-electron chi connectivity index (χ1n) is 9.15. The predicted molar refractivity (Wildman–Crippen MR) is 105 cm³/mol. The molecule has 27 heavy (non-hydrogen) atoms. The monoisotopic (exact) mass is 392 g/mol. The van der Waals surface area contributed by atoms with Crippen LogP contribution < -0.4 is 4.90 Å². The van der Waals surface area contributed by atoms with Gasteiger partial charge in [0, 0.05) is 6.54 Å². The zero-order valence-corrected chi connectivity index (χ0v) is 16.8. The van der Waals surface area contributed by atoms with Gasteiger partial charge < -0.3 is 4.74 Å². The third kappa shape index (κ3) is 5.85. The molecule has 1 aromatic carbocycles. The third-order valence-electron chi connectivity index (χ3n) is 4.01. The van der Waals surface area contributed by atoms with Crippen LogP contribution in [-0.4, -0.2) is 30.0 Å². The normalized spacial score (nSPS) is 10.7. The summed E-state index contributed by atoms with van der Waals surface area (Å²) in [6, 6.07) is 6.02. The number of anilines is 1. The topological polar surface area (TPSA) is 59.5 Å². The molecule has 1 heterocycles. The minimum absolute atomic E-state index is 0.0806. The van der Waals surface area contributed by atoms with E-state index in [0.29, 0.717) is 27.8 Å². The number of nitrogens with zero attached hydrogens (tertiary/aromatic N) is 2. The van der Waals surface area contributed by atoms with E-state index in [9.17, 15) is 14.0 Å². The summed E-state index contributed by atoms with van der Waals surface area (Å²) in [5.41, 5.74) is 1.16. The lowest BCUT2D eigenvalue weighted by Crippen LogP contribution is -2.33. The summed E-state index contributed by atoms with van der Waals surface area (Å²) in [6.07, 6.45) is 2.92. The molecule has 146 valence electrons. The maximum absolute atomic E-state index is 13.4. The van der Waals surface area contributed by atoms with Gasteiger partial charge in [-0.3, -0.25) is 9.69 Å². The quantitative estimate of drug-likeness (QED) is 0.465. The van der Waals surface area contributed by atoms with Crippen molar-refractivity contribution in [3.05, 3.63) is 46.2 Å². The smallest absolute Gasteiger partial charge is 0.350 e. The van der Waals surface area contributed by atoms with E-state index in [-0.39, 0.29) is 24.8 Å². The molecule has 0 saturated carbocycles. The number of rotatable bonds is 9. The lowest BCUT2D eigenvalue weighted by Gasteiger charge is -2.20. The number of thiazole rings is 1. The number of aromatic nitrogens is 1. The molecule has 7 heteroatoms. The number of hydrogen-bond donors (Lipinski definition) is 0. The number of carbonyl (C=O) groups is 2. The fraction of sp³-hybridized carbons (Fsp3) is 0.450. The van der Waals surface area contributed by atoms with Crippen molar-refractivity contribution in [1.82, 2.24) is 4.98 Å². The maximum atomic E-state index is 13.4. The molecular weight excluding hydrogens is 367 g/mol. The van der Waals surface area contributed by atoms with E-state index in [4.69, 9.17) is 4.74 Å². The van der Waals surface area contributed by atoms with Crippen molar-refractivity contribution in [1.29, 1.82) is 0 Å². The Bertz CT molecular complexity index is 791. The van der Waals surface area contributed by atoms with E-state index < -0.39 is 5.97 Å². The molecular formula is C20H25FN2O3S. The van der Waals surface area contributed by atoms with Crippen LogP contribution in [0.1, 0.15) is 54.0 Å². The van der Waals surface area contributed by atoms with Crippen molar-refractivity contribution in [2.45, 2.75) is 46.5 Å². The zero-order chi connectivity index (χ0) is 19.8. The Labute approximate surface area is 163 Å². The summed E-state index contributed by atoms with van der Waals surface area (Å²) in [7, 11) is 0. The molecule has 0 atom stereocenters. The van der Waals surface area contributed by atoms with Crippen molar-refractivity contribution in [3.63, 3.8) is 0 Å². The summed E-state index contributed by atoms with van der Waals surface area (Å²) < 4.78 is 18.5. The minimum Gasteiger partial charge on any atom is -0.462 e. The van der Waals surface area contributed by atoms with E-state index in [1.807, 2.05) is 0 Å². The number of aryl methyl sites for hydroxylation is 1. The highest BCUT2D eigenvalue weighted by Crippen LogP contribution is 2.28. The van der Waals surface area contributed by atoms with Crippen LogP contribution in [-0.2, 0) is 16.0 Å². The van der Waals surface area contributed by atoms with Gasteiger partial charge in [-0.1, -0.05) is 43.2 Å². The summed E-state index contributed by atoms with van der Waals surface area (Å²) in [6.45, 7) is 6.36. The highest BCUT2D eigenvalue weighted by molar-refractivity contribution is 7.17. The van der Waals surface area contributed by atoms with Gasteiger partial charge in [0.25, 0.3) is 0 Å². The zero-order valence-electron chi connectivity index (χ0n) is 16.0. The summed E-state index contributed by atoms with van der Waals surface area (Å²) >= 11 is 1.16. The van der Waals surface area contributed by atoms with Gasteiger partial charge in [-0.2, -0.15) is 0 Å². The molecule has 0 fully saturated rings. The van der Waals surface area contributed by atoms with Crippen molar-refractivity contribution < 1.29 is 18.7 Å². The molecule has 2 rings (SSSR count). The van der Waals surface area contributed by atoms with Crippen molar-refractivity contribution >= 4 is 28.3 Å². The van der Waals surface area contributed by atoms with Crippen LogP contribution in [0.4, 0.5) is 9.52 Å². The Morgan fingerprint density at radius 2 is 2.04 bits per heavy atom. The van der Waals surface area contributed by atoms with Crippen LogP contribution >= 0.6 is 11.3 Å². The van der Waals surface area contributed by atoms with E-state index in [2.05, 4.69) is 11.9 Å². The van der Waals surface area contributed by atoms with E-state index in [0.717, 1.165) is 30.6 Å². The Kier molecular flexibility index (Phi) is 7.91. The fourth-order valence-electron chi connectivity index (χ4n) is 2.65. The molecule has 0 aliphatic carbocycles. The lowest BCUT2D eigenvalue weighted by molar-refractivity contribution is -0.118. The highest BCUT2D eigenvalue weighted by Gasteiger charge is 2.23. The van der Waals surface area contributed by atoms with Crippen LogP contribution in [0.5, 0.6) is 0 Å². The molecule has 0 spiro atoms. The largest absolute Gasteiger partial charge is 0.462 e. The molecule has 0 aliphatic heterocycles. The van der Waals surface area contributed by atoms with Crippen molar-refractivity contribution in [2.75, 3.05) is 18.1 Å². The molecule has 5 nitrogen and oxygen atoms in total. The fourth-order valence-corrected chi connectivity index (χ4v) is 3.65. The number of halogens is 1. The third-order valence-corrected chi connectivity index (χ3v) is 5.17. The first-order chi connectivity index (χ1) is 13.0. The predicted octanol–water partition coefficient (Wildman–Crippen LogP) is 4.53. The first kappa shape index (κ1) is 21.0. The number of amides is 1. The molecule has 0 bridgehead atoms. The van der Waals surface area contributed by atoms with E-state index in [1.54, 1.807) is 30.9 Å². The van der Waals surface area contributed by atoms with Crippen molar-refractivity contribution in [3.8, 4) is 0 Å². The first-order valence-corrected chi connectivity index (χ1v) is 9.97. The molecule has 1 amide bonds. The van der Waals surface area contributed by atoms with E-state index in [1.165, 1.54) is 12.1 Å². The minimum atomic E-state index is -0.426. The van der Waals surface area contributed by atoms with Crippen LogP contribution in [0.15, 0.2) is 24.3 Å². The van der Waals surface area contributed by atoms with Gasteiger partial charge >= 0.3 is 5.97 Å². The second kappa shape index (κ2) is 10.2. The van der Waals surface area contributed by atoms with E-state index >= 15 is 0 Å². The number of ether oxygens (including phenoxy) is 1.